The number of phenolic OH excluding ortho intramolecular Hbond substituents is 1. The van der Waals surface area contributed by atoms with Crippen LogP contribution >= 0.6 is 0 Å². The molecule has 0 aromatic heterocycles. The highest BCUT2D eigenvalue weighted by atomic mass is 16.5. The topological polar surface area (TPSA) is 87.1 Å². The van der Waals surface area contributed by atoms with Gasteiger partial charge in [-0.3, -0.25) is 14.5 Å². The maximum Gasteiger partial charge on any atom is 0.300 e. The largest absolute Gasteiger partial charge is 0.508 e. The average Bonchev–Trinajstić information content (AvgIpc) is 3.09. The molecule has 3 aromatic carbocycles. The van der Waals surface area contributed by atoms with Crippen molar-refractivity contribution in [1.29, 1.82) is 0 Å². The number of ketones is 1. The predicted molar refractivity (Wildman–Crippen MR) is 126 cm³/mol. The molecule has 3 aromatic rings. The number of nitrogens with zero attached hydrogens (tertiary/aromatic N) is 1. The maximum atomic E-state index is 13.2. The first-order valence-electron chi connectivity index (χ1n) is 10.7. The van der Waals surface area contributed by atoms with E-state index in [1.54, 1.807) is 49.6 Å². The van der Waals surface area contributed by atoms with E-state index in [0.717, 1.165) is 17.5 Å². The summed E-state index contributed by atoms with van der Waals surface area (Å²) >= 11 is 0. The molecule has 1 amide bonds. The molecule has 1 atom stereocenters. The number of aryl methyl sites for hydroxylation is 2. The van der Waals surface area contributed by atoms with Gasteiger partial charge in [0.25, 0.3) is 11.7 Å². The SMILES string of the molecule is CCc1ccc(N2C(=O)C(=O)/C(=C(\O)c3ccc(OC)c(C)c3)C2c2ccc(O)cc2)cc1. The number of Topliss-reactive ketones (excluding diaryl/α,β-unsaturated/α-hetero) is 1. The van der Waals surface area contributed by atoms with Gasteiger partial charge in [0.1, 0.15) is 17.3 Å². The van der Waals surface area contributed by atoms with Gasteiger partial charge in [0.2, 0.25) is 0 Å². The number of ether oxygens (including phenoxy) is 1. The number of amides is 1. The second-order valence-corrected chi connectivity index (χ2v) is 7.97. The molecule has 1 saturated heterocycles. The number of anilines is 1. The second kappa shape index (κ2) is 8.82. The Morgan fingerprint density at radius 3 is 2.24 bits per heavy atom. The number of phenols is 1. The zero-order valence-electron chi connectivity index (χ0n) is 18.7. The lowest BCUT2D eigenvalue weighted by Gasteiger charge is -2.25. The van der Waals surface area contributed by atoms with Crippen molar-refractivity contribution in [1.82, 2.24) is 0 Å². The minimum Gasteiger partial charge on any atom is -0.508 e. The first-order chi connectivity index (χ1) is 15.8. The molecule has 0 saturated carbocycles. The molecule has 6 heteroatoms. The lowest BCUT2D eigenvalue weighted by molar-refractivity contribution is -0.132. The van der Waals surface area contributed by atoms with E-state index >= 15 is 0 Å². The molecular formula is C27H25NO5. The number of rotatable bonds is 5. The molecule has 1 aliphatic heterocycles. The van der Waals surface area contributed by atoms with Crippen molar-refractivity contribution in [3.05, 3.63) is 94.6 Å². The Morgan fingerprint density at radius 1 is 1.00 bits per heavy atom. The summed E-state index contributed by atoms with van der Waals surface area (Å²) < 4.78 is 5.29. The van der Waals surface area contributed by atoms with Gasteiger partial charge in [0.05, 0.1) is 18.7 Å². The quantitative estimate of drug-likeness (QED) is 0.333. The number of aliphatic hydroxyl groups excluding tert-OH is 1. The van der Waals surface area contributed by atoms with Crippen molar-refractivity contribution >= 4 is 23.1 Å². The summed E-state index contributed by atoms with van der Waals surface area (Å²) in [5.74, 6) is -1.03. The second-order valence-electron chi connectivity index (χ2n) is 7.97. The molecule has 0 radical (unpaired) electrons. The Labute approximate surface area is 192 Å². The smallest absolute Gasteiger partial charge is 0.300 e. The lowest BCUT2D eigenvalue weighted by Crippen LogP contribution is -2.29. The summed E-state index contributed by atoms with van der Waals surface area (Å²) in [6.07, 6.45) is 0.845. The maximum absolute atomic E-state index is 13.2. The summed E-state index contributed by atoms with van der Waals surface area (Å²) in [6.45, 7) is 3.87. The van der Waals surface area contributed by atoms with Gasteiger partial charge in [-0.1, -0.05) is 31.2 Å². The third-order valence-electron chi connectivity index (χ3n) is 5.94. The number of hydrogen-bond acceptors (Lipinski definition) is 5. The van der Waals surface area contributed by atoms with Crippen LogP contribution < -0.4 is 9.64 Å². The van der Waals surface area contributed by atoms with Crippen LogP contribution in [-0.2, 0) is 16.0 Å². The lowest BCUT2D eigenvalue weighted by atomic mass is 9.94. The van der Waals surface area contributed by atoms with Crippen LogP contribution in [-0.4, -0.2) is 29.0 Å². The van der Waals surface area contributed by atoms with Crippen molar-refractivity contribution in [2.75, 3.05) is 12.0 Å². The highest BCUT2D eigenvalue weighted by molar-refractivity contribution is 6.51. The highest BCUT2D eigenvalue weighted by Crippen LogP contribution is 2.42. The van der Waals surface area contributed by atoms with Gasteiger partial charge in [0, 0.05) is 11.3 Å². The van der Waals surface area contributed by atoms with Crippen LogP contribution in [0.3, 0.4) is 0 Å². The summed E-state index contributed by atoms with van der Waals surface area (Å²) in [7, 11) is 1.56. The number of methoxy groups -OCH3 is 1. The first-order valence-corrected chi connectivity index (χ1v) is 10.7. The standard InChI is InChI=1S/C27H25NO5/c1-4-17-5-10-20(11-6-17)28-24(18-7-12-21(29)13-8-18)23(26(31)27(28)32)25(30)19-9-14-22(33-3)16(2)15-19/h5-15,24,29-30H,4H2,1-3H3/b25-23-. The number of aliphatic hydroxyl groups is 1. The van der Waals surface area contributed by atoms with Gasteiger partial charge in [0.15, 0.2) is 0 Å². The zero-order chi connectivity index (χ0) is 23.7. The fourth-order valence-electron chi connectivity index (χ4n) is 4.14. The number of carbonyl (C=O) groups excluding carboxylic acids is 2. The summed E-state index contributed by atoms with van der Waals surface area (Å²) in [6, 6.07) is 17.9. The fraction of sp³-hybridized carbons (Fsp3) is 0.185. The van der Waals surface area contributed by atoms with Crippen LogP contribution in [0.15, 0.2) is 72.3 Å². The molecule has 1 aliphatic rings. The molecule has 168 valence electrons. The third-order valence-corrected chi connectivity index (χ3v) is 5.94. The molecule has 0 bridgehead atoms. The summed E-state index contributed by atoms with van der Waals surface area (Å²) in [5, 5.41) is 21.0. The molecule has 33 heavy (non-hydrogen) atoms. The molecule has 0 spiro atoms. The molecule has 2 N–H and O–H groups in total. The van der Waals surface area contributed by atoms with E-state index in [-0.39, 0.29) is 17.1 Å². The third kappa shape index (κ3) is 3.96. The van der Waals surface area contributed by atoms with E-state index < -0.39 is 17.7 Å². The van der Waals surface area contributed by atoms with Crippen molar-refractivity contribution in [3.8, 4) is 11.5 Å². The van der Waals surface area contributed by atoms with Crippen LogP contribution in [0.5, 0.6) is 11.5 Å². The molecule has 1 heterocycles. The molecule has 1 fully saturated rings. The molecule has 0 aliphatic carbocycles. The Bertz CT molecular complexity index is 1240. The van der Waals surface area contributed by atoms with E-state index in [4.69, 9.17) is 4.74 Å². The van der Waals surface area contributed by atoms with Crippen LogP contribution in [0, 0.1) is 6.92 Å². The van der Waals surface area contributed by atoms with E-state index in [1.165, 1.54) is 17.0 Å². The van der Waals surface area contributed by atoms with Gasteiger partial charge in [-0.15, -0.1) is 0 Å². The molecule has 4 rings (SSSR count). The number of hydrogen-bond donors (Lipinski definition) is 2. The van der Waals surface area contributed by atoms with Crippen molar-refractivity contribution < 1.29 is 24.5 Å². The Kier molecular flexibility index (Phi) is 5.92. The van der Waals surface area contributed by atoms with Gasteiger partial charge >= 0.3 is 0 Å². The van der Waals surface area contributed by atoms with Crippen LogP contribution in [0.25, 0.3) is 5.76 Å². The van der Waals surface area contributed by atoms with E-state index in [0.29, 0.717) is 22.6 Å². The van der Waals surface area contributed by atoms with Gasteiger partial charge in [-0.25, -0.2) is 0 Å². The number of benzene rings is 3. The van der Waals surface area contributed by atoms with Crippen LogP contribution in [0.2, 0.25) is 0 Å². The van der Waals surface area contributed by atoms with Gasteiger partial charge in [-0.05, 0) is 72.5 Å². The van der Waals surface area contributed by atoms with Gasteiger partial charge < -0.3 is 14.9 Å². The van der Waals surface area contributed by atoms with Crippen LogP contribution in [0.4, 0.5) is 5.69 Å². The Morgan fingerprint density at radius 2 is 1.67 bits per heavy atom. The van der Waals surface area contributed by atoms with Crippen LogP contribution in [0.1, 0.15) is 35.2 Å². The first kappa shape index (κ1) is 22.1. The predicted octanol–water partition coefficient (Wildman–Crippen LogP) is 4.90. The molecule has 6 nitrogen and oxygen atoms in total. The number of aromatic hydroxyl groups is 1. The Hall–Kier alpha value is -4.06. The minimum atomic E-state index is -0.847. The molecular weight excluding hydrogens is 418 g/mol. The minimum absolute atomic E-state index is 0.00479. The zero-order valence-corrected chi connectivity index (χ0v) is 18.7. The highest BCUT2D eigenvalue weighted by Gasteiger charge is 2.47. The van der Waals surface area contributed by atoms with E-state index in [2.05, 4.69) is 0 Å². The summed E-state index contributed by atoms with van der Waals surface area (Å²) in [4.78, 5) is 27.8. The normalized spacial score (nSPS) is 17.4. The Balaban J connectivity index is 1.91. The average molecular weight is 443 g/mol. The fourth-order valence-corrected chi connectivity index (χ4v) is 4.14. The number of carbonyl (C=O) groups is 2. The van der Waals surface area contributed by atoms with Crippen molar-refractivity contribution in [2.24, 2.45) is 0 Å². The van der Waals surface area contributed by atoms with Crippen molar-refractivity contribution in [2.45, 2.75) is 26.3 Å². The van der Waals surface area contributed by atoms with Gasteiger partial charge in [-0.2, -0.15) is 0 Å². The summed E-state index contributed by atoms with van der Waals surface area (Å²) in [5.41, 5.74) is 3.44. The van der Waals surface area contributed by atoms with E-state index in [1.807, 2.05) is 26.0 Å². The van der Waals surface area contributed by atoms with E-state index in [9.17, 15) is 19.8 Å². The van der Waals surface area contributed by atoms with Crippen molar-refractivity contribution in [3.63, 3.8) is 0 Å². The monoisotopic (exact) mass is 443 g/mol. The molecule has 1 unspecified atom stereocenters.